The van der Waals surface area contributed by atoms with Crippen LogP contribution in [0.25, 0.3) is 10.8 Å². The van der Waals surface area contributed by atoms with Crippen LogP contribution in [-0.4, -0.2) is 73.1 Å². The maximum atomic E-state index is 13.0. The molecule has 1 fully saturated rings. The highest BCUT2D eigenvalue weighted by Crippen LogP contribution is 2.28. The monoisotopic (exact) mass is 460 g/mol. The highest BCUT2D eigenvalue weighted by atomic mass is 16.1. The van der Waals surface area contributed by atoms with Gasteiger partial charge in [0.05, 0.1) is 5.56 Å². The summed E-state index contributed by atoms with van der Waals surface area (Å²) in [5.41, 5.74) is 0.643. The van der Waals surface area contributed by atoms with Crippen molar-refractivity contribution in [3.05, 3.63) is 60.4 Å². The van der Waals surface area contributed by atoms with Gasteiger partial charge in [0, 0.05) is 57.0 Å². The first-order chi connectivity index (χ1) is 16.7. The number of hydrogen-bond acceptors (Lipinski definition) is 6. The Kier molecular flexibility index (Phi) is 8.31. The van der Waals surface area contributed by atoms with Crippen LogP contribution in [0, 0.1) is 0 Å². The lowest BCUT2D eigenvalue weighted by Gasteiger charge is -2.36. The number of piperazine rings is 1. The zero-order valence-electron chi connectivity index (χ0n) is 20.4. The number of amides is 1. The third-order valence-electron chi connectivity index (χ3n) is 6.36. The lowest BCUT2D eigenvalue weighted by atomic mass is 10.1. The van der Waals surface area contributed by atoms with Crippen LogP contribution in [0.4, 0.5) is 11.6 Å². The Labute approximate surface area is 202 Å². The first-order valence-corrected chi connectivity index (χ1v) is 12.5. The van der Waals surface area contributed by atoms with E-state index >= 15 is 0 Å². The average molecular weight is 461 g/mol. The van der Waals surface area contributed by atoms with Gasteiger partial charge >= 0.3 is 0 Å². The van der Waals surface area contributed by atoms with E-state index in [1.807, 2.05) is 36.5 Å². The SMILES string of the molecule is CCCN(CCC)CCNC(=O)c1cnc(N2CCN(c3ccccn3)CC2)c2ccccc12. The first-order valence-electron chi connectivity index (χ1n) is 12.5. The van der Waals surface area contributed by atoms with Crippen molar-refractivity contribution in [2.45, 2.75) is 26.7 Å². The fourth-order valence-corrected chi connectivity index (χ4v) is 4.69. The molecule has 180 valence electrons. The van der Waals surface area contributed by atoms with Gasteiger partial charge in [-0.05, 0) is 43.5 Å². The van der Waals surface area contributed by atoms with Crippen molar-refractivity contribution in [1.29, 1.82) is 0 Å². The van der Waals surface area contributed by atoms with E-state index < -0.39 is 0 Å². The lowest BCUT2D eigenvalue weighted by Crippen LogP contribution is -2.47. The predicted octanol–water partition coefficient (Wildman–Crippen LogP) is 3.81. The van der Waals surface area contributed by atoms with E-state index in [0.717, 1.165) is 81.1 Å². The summed E-state index contributed by atoms with van der Waals surface area (Å²) in [7, 11) is 0. The Morgan fingerprint density at radius 2 is 1.56 bits per heavy atom. The zero-order valence-corrected chi connectivity index (χ0v) is 20.4. The molecule has 3 heterocycles. The molecule has 0 saturated carbocycles. The maximum Gasteiger partial charge on any atom is 0.253 e. The van der Waals surface area contributed by atoms with E-state index in [2.05, 4.69) is 51.0 Å². The molecule has 1 aromatic carbocycles. The van der Waals surface area contributed by atoms with Crippen LogP contribution >= 0.6 is 0 Å². The number of carbonyl (C=O) groups is 1. The summed E-state index contributed by atoms with van der Waals surface area (Å²) in [6.07, 6.45) is 5.83. The topological polar surface area (TPSA) is 64.6 Å². The second kappa shape index (κ2) is 11.8. The summed E-state index contributed by atoms with van der Waals surface area (Å²) in [5.74, 6) is 1.91. The lowest BCUT2D eigenvalue weighted by molar-refractivity contribution is 0.0949. The number of fused-ring (bicyclic) bond motifs is 1. The van der Waals surface area contributed by atoms with Crippen molar-refractivity contribution in [2.24, 2.45) is 0 Å². The van der Waals surface area contributed by atoms with Crippen molar-refractivity contribution < 1.29 is 4.79 Å². The van der Waals surface area contributed by atoms with E-state index in [9.17, 15) is 4.79 Å². The number of rotatable bonds is 10. The third-order valence-corrected chi connectivity index (χ3v) is 6.36. The molecule has 0 aliphatic carbocycles. The number of pyridine rings is 2. The normalized spacial score (nSPS) is 14.1. The summed E-state index contributed by atoms with van der Waals surface area (Å²) in [6.45, 7) is 11.5. The molecule has 7 heteroatoms. The molecule has 3 aromatic rings. The zero-order chi connectivity index (χ0) is 23.8. The number of hydrogen-bond donors (Lipinski definition) is 1. The Balaban J connectivity index is 1.45. The molecular weight excluding hydrogens is 424 g/mol. The molecule has 1 saturated heterocycles. The molecule has 0 atom stereocenters. The number of benzene rings is 1. The van der Waals surface area contributed by atoms with Crippen molar-refractivity contribution in [2.75, 3.05) is 62.2 Å². The van der Waals surface area contributed by atoms with Crippen LogP contribution in [0.3, 0.4) is 0 Å². The van der Waals surface area contributed by atoms with Gasteiger partial charge in [0.15, 0.2) is 0 Å². The predicted molar refractivity (Wildman–Crippen MR) is 140 cm³/mol. The standard InChI is InChI=1S/C27H36N6O/c1-3-14-31(15-4-2)16-13-29-27(34)24-21-30-26(23-10-6-5-9-22(23)24)33-19-17-32(18-20-33)25-11-7-8-12-28-25/h5-12,21H,3-4,13-20H2,1-2H3,(H,29,34). The average Bonchev–Trinajstić information content (AvgIpc) is 2.89. The molecule has 0 bridgehead atoms. The Bertz CT molecular complexity index is 1060. The van der Waals surface area contributed by atoms with Gasteiger partial charge in [0.1, 0.15) is 11.6 Å². The molecular formula is C27H36N6O. The van der Waals surface area contributed by atoms with Gasteiger partial charge in [-0.1, -0.05) is 44.2 Å². The van der Waals surface area contributed by atoms with E-state index in [1.54, 1.807) is 6.20 Å². The summed E-state index contributed by atoms with van der Waals surface area (Å²) < 4.78 is 0. The molecule has 2 aromatic heterocycles. The molecule has 0 spiro atoms. The molecule has 1 amide bonds. The molecule has 0 unspecified atom stereocenters. The molecule has 7 nitrogen and oxygen atoms in total. The first kappa shape index (κ1) is 24.0. The van der Waals surface area contributed by atoms with Crippen molar-refractivity contribution in [1.82, 2.24) is 20.2 Å². The highest BCUT2D eigenvalue weighted by Gasteiger charge is 2.22. The molecule has 34 heavy (non-hydrogen) atoms. The van der Waals surface area contributed by atoms with Crippen LogP contribution in [-0.2, 0) is 0 Å². The number of aromatic nitrogens is 2. The summed E-state index contributed by atoms with van der Waals surface area (Å²) in [5, 5.41) is 5.10. The molecule has 1 N–H and O–H groups in total. The Morgan fingerprint density at radius 1 is 0.882 bits per heavy atom. The van der Waals surface area contributed by atoms with Crippen LogP contribution in [0.5, 0.6) is 0 Å². The van der Waals surface area contributed by atoms with Crippen molar-refractivity contribution >= 4 is 28.3 Å². The minimum Gasteiger partial charge on any atom is -0.353 e. The molecule has 1 aliphatic heterocycles. The van der Waals surface area contributed by atoms with E-state index in [-0.39, 0.29) is 5.91 Å². The maximum absolute atomic E-state index is 13.0. The number of carbonyl (C=O) groups excluding carboxylic acids is 1. The molecule has 0 radical (unpaired) electrons. The molecule has 4 rings (SSSR count). The van der Waals surface area contributed by atoms with Crippen LogP contribution < -0.4 is 15.1 Å². The second-order valence-corrected chi connectivity index (χ2v) is 8.80. The van der Waals surface area contributed by atoms with E-state index in [1.165, 1.54) is 0 Å². The largest absolute Gasteiger partial charge is 0.353 e. The number of nitrogens with one attached hydrogen (secondary N) is 1. The van der Waals surface area contributed by atoms with Gasteiger partial charge in [-0.25, -0.2) is 9.97 Å². The van der Waals surface area contributed by atoms with Crippen molar-refractivity contribution in [3.8, 4) is 0 Å². The number of anilines is 2. The minimum absolute atomic E-state index is 0.0526. The van der Waals surface area contributed by atoms with Gasteiger partial charge in [-0.15, -0.1) is 0 Å². The van der Waals surface area contributed by atoms with Crippen LogP contribution in [0.15, 0.2) is 54.9 Å². The van der Waals surface area contributed by atoms with E-state index in [0.29, 0.717) is 12.1 Å². The molecule has 1 aliphatic rings. The Hall–Kier alpha value is -3.19. The Morgan fingerprint density at radius 3 is 2.24 bits per heavy atom. The van der Waals surface area contributed by atoms with Crippen LogP contribution in [0.2, 0.25) is 0 Å². The summed E-state index contributed by atoms with van der Waals surface area (Å²) >= 11 is 0. The summed E-state index contributed by atoms with van der Waals surface area (Å²) in [4.78, 5) is 29.3. The fraction of sp³-hybridized carbons (Fsp3) is 0.444. The smallest absolute Gasteiger partial charge is 0.253 e. The fourth-order valence-electron chi connectivity index (χ4n) is 4.69. The van der Waals surface area contributed by atoms with Gasteiger partial charge in [-0.2, -0.15) is 0 Å². The third kappa shape index (κ3) is 5.65. The minimum atomic E-state index is -0.0526. The van der Waals surface area contributed by atoms with Gasteiger partial charge in [0.25, 0.3) is 5.91 Å². The summed E-state index contributed by atoms with van der Waals surface area (Å²) in [6, 6.07) is 14.1. The van der Waals surface area contributed by atoms with Gasteiger partial charge < -0.3 is 20.0 Å². The highest BCUT2D eigenvalue weighted by molar-refractivity contribution is 6.09. The van der Waals surface area contributed by atoms with Crippen molar-refractivity contribution in [3.63, 3.8) is 0 Å². The number of nitrogens with zero attached hydrogens (tertiary/aromatic N) is 5. The second-order valence-electron chi connectivity index (χ2n) is 8.80. The van der Waals surface area contributed by atoms with E-state index in [4.69, 9.17) is 4.98 Å². The van der Waals surface area contributed by atoms with Crippen LogP contribution in [0.1, 0.15) is 37.0 Å². The van der Waals surface area contributed by atoms with Gasteiger partial charge in [0.2, 0.25) is 0 Å². The quantitative estimate of drug-likeness (QED) is 0.496. The van der Waals surface area contributed by atoms with Gasteiger partial charge in [-0.3, -0.25) is 4.79 Å².